The van der Waals surface area contributed by atoms with Gasteiger partial charge in [0.05, 0.1) is 0 Å². The Kier molecular flexibility index (Phi) is 15.6. The van der Waals surface area contributed by atoms with E-state index in [4.69, 9.17) is 0 Å². The number of hydrogen-bond acceptors (Lipinski definition) is 4. The third kappa shape index (κ3) is 13.2. The Morgan fingerprint density at radius 1 is 1.03 bits per heavy atom. The molecule has 1 aliphatic rings. The van der Waals surface area contributed by atoms with Crippen LogP contribution in [0.1, 0.15) is 111 Å². The van der Waals surface area contributed by atoms with E-state index >= 15 is 0 Å². The van der Waals surface area contributed by atoms with Crippen molar-refractivity contribution in [2.45, 2.75) is 117 Å². The van der Waals surface area contributed by atoms with Crippen LogP contribution < -0.4 is 5.48 Å². The highest BCUT2D eigenvalue weighted by Gasteiger charge is 2.15. The van der Waals surface area contributed by atoms with Crippen LogP contribution in [-0.2, 0) is 20.3 Å². The smallest absolute Gasteiger partial charge is 0.309 e. The summed E-state index contributed by atoms with van der Waals surface area (Å²) < 4.78 is 19.4. The number of amides is 1. The van der Waals surface area contributed by atoms with Crippen LogP contribution in [0.5, 0.6) is 0 Å². The van der Waals surface area contributed by atoms with Gasteiger partial charge in [-0.25, -0.2) is 9.69 Å². The Morgan fingerprint density at radius 3 is 2.33 bits per heavy atom. The fraction of sp³-hybridized carbons (Fsp3) is 0.826. The molecule has 30 heavy (non-hydrogen) atoms. The van der Waals surface area contributed by atoms with E-state index in [9.17, 15) is 9.00 Å². The molecule has 6 nitrogen and oxygen atoms in total. The summed E-state index contributed by atoms with van der Waals surface area (Å²) in [6.45, 7) is 7.33. The fourth-order valence-corrected chi connectivity index (χ4v) is 4.03. The molecule has 0 bridgehead atoms. The zero-order valence-electron chi connectivity index (χ0n) is 19.4. The highest BCUT2D eigenvalue weighted by molar-refractivity contribution is 7.79. The molecule has 0 radical (unpaired) electrons. The average Bonchev–Trinajstić information content (AvgIpc) is 3.13. The molecule has 0 aromatic rings. The van der Waals surface area contributed by atoms with Crippen LogP contribution in [0.25, 0.3) is 0 Å². The molecule has 1 unspecified atom stereocenters. The van der Waals surface area contributed by atoms with Crippen LogP contribution in [-0.4, -0.2) is 33.4 Å². The fourth-order valence-electron chi connectivity index (χ4n) is 3.51. The number of hydroxylamine groups is 1. The second kappa shape index (κ2) is 17.5. The van der Waals surface area contributed by atoms with Gasteiger partial charge < -0.3 is 4.90 Å². The van der Waals surface area contributed by atoms with Crippen LogP contribution in [0.15, 0.2) is 16.5 Å². The molecule has 1 atom stereocenters. The summed E-state index contributed by atoms with van der Waals surface area (Å²) >= 11 is -1.53. The Morgan fingerprint density at radius 2 is 1.70 bits per heavy atom. The summed E-state index contributed by atoms with van der Waals surface area (Å²) in [6, 6.07) is 0.297. The first-order valence-electron chi connectivity index (χ1n) is 11.9. The van der Waals surface area contributed by atoms with Gasteiger partial charge in [0, 0.05) is 25.4 Å². The van der Waals surface area contributed by atoms with Crippen LogP contribution >= 0.6 is 0 Å². The molecule has 0 saturated heterocycles. The number of carbonyl (C=O) groups is 1. The van der Waals surface area contributed by atoms with Crippen molar-refractivity contribution in [1.29, 1.82) is 0 Å². The number of nitrogens with one attached hydrogen (secondary N) is 1. The van der Waals surface area contributed by atoms with Gasteiger partial charge in [0.15, 0.2) is 0 Å². The lowest BCUT2D eigenvalue weighted by Crippen LogP contribution is -2.37. The Bertz CT molecular complexity index is 550. The van der Waals surface area contributed by atoms with Crippen LogP contribution in [0.4, 0.5) is 0 Å². The normalized spacial score (nSPS) is 16.3. The summed E-state index contributed by atoms with van der Waals surface area (Å²) in [4.78, 5) is 14.5. The standard InChI is InChI=1S/C23H43N3O3S/c1-4-5-6-16-19-23(27)26(21(2)3)20-17-14-12-10-8-7-9-11-13-15-18-22-24-29-30(28)25-22/h8,10,21H,4-7,9,11-20H2,1-3H3,(H,24,25). The van der Waals surface area contributed by atoms with E-state index in [0.717, 1.165) is 57.9 Å². The first kappa shape index (κ1) is 26.8. The van der Waals surface area contributed by atoms with E-state index < -0.39 is 11.3 Å². The lowest BCUT2D eigenvalue weighted by atomic mass is 10.1. The second-order valence-corrected chi connectivity index (χ2v) is 9.14. The number of amidine groups is 1. The van der Waals surface area contributed by atoms with E-state index in [1.807, 2.05) is 0 Å². The van der Waals surface area contributed by atoms with E-state index in [-0.39, 0.29) is 0 Å². The molecule has 0 saturated carbocycles. The molecule has 0 aromatic heterocycles. The van der Waals surface area contributed by atoms with E-state index in [2.05, 4.69) is 52.0 Å². The number of carbonyl (C=O) groups excluding carboxylic acids is 1. The second-order valence-electron chi connectivity index (χ2n) is 8.35. The van der Waals surface area contributed by atoms with Gasteiger partial charge in [-0.2, -0.15) is 4.28 Å². The van der Waals surface area contributed by atoms with Crippen molar-refractivity contribution in [2.24, 2.45) is 4.40 Å². The van der Waals surface area contributed by atoms with Crippen molar-refractivity contribution >= 4 is 23.0 Å². The molecule has 1 heterocycles. The van der Waals surface area contributed by atoms with E-state index in [1.165, 1.54) is 32.1 Å². The highest BCUT2D eigenvalue weighted by Crippen LogP contribution is 2.11. The van der Waals surface area contributed by atoms with Crippen molar-refractivity contribution in [1.82, 2.24) is 10.4 Å². The molecule has 1 N–H and O–H groups in total. The zero-order chi connectivity index (χ0) is 22.0. The molecule has 1 amide bonds. The highest BCUT2D eigenvalue weighted by atomic mass is 32.2. The van der Waals surface area contributed by atoms with Crippen LogP contribution in [0.3, 0.4) is 0 Å². The Balaban J connectivity index is 1.99. The van der Waals surface area contributed by atoms with Gasteiger partial charge in [-0.05, 0) is 58.8 Å². The molecule has 174 valence electrons. The quantitative estimate of drug-likeness (QED) is 0.216. The van der Waals surface area contributed by atoms with Crippen molar-refractivity contribution < 1.29 is 13.3 Å². The van der Waals surface area contributed by atoms with Gasteiger partial charge in [0.2, 0.25) is 5.91 Å². The largest absolute Gasteiger partial charge is 0.340 e. The lowest BCUT2D eigenvalue weighted by Gasteiger charge is -2.27. The first-order chi connectivity index (χ1) is 14.5. The number of unbranched alkanes of at least 4 members (excludes halogenated alkanes) is 9. The first-order valence-corrected chi connectivity index (χ1v) is 12.9. The monoisotopic (exact) mass is 441 g/mol. The summed E-state index contributed by atoms with van der Waals surface area (Å²) in [5, 5.41) is 0. The third-order valence-electron chi connectivity index (χ3n) is 5.32. The molecule has 1 aliphatic heterocycles. The molecule has 0 aromatic carbocycles. The van der Waals surface area contributed by atoms with Gasteiger partial charge in [0.1, 0.15) is 5.84 Å². The minimum absolute atomic E-state index is 0.297. The molecule has 0 aliphatic carbocycles. The minimum Gasteiger partial charge on any atom is -0.340 e. The Hall–Kier alpha value is -1.21. The topological polar surface area (TPSA) is 71.0 Å². The van der Waals surface area contributed by atoms with Crippen LogP contribution in [0.2, 0.25) is 0 Å². The molecule has 1 rings (SSSR count). The van der Waals surface area contributed by atoms with Crippen molar-refractivity contribution in [3.8, 4) is 0 Å². The van der Waals surface area contributed by atoms with Crippen molar-refractivity contribution in [2.75, 3.05) is 6.54 Å². The maximum absolute atomic E-state index is 12.4. The number of allylic oxidation sites excluding steroid dienone is 2. The van der Waals surface area contributed by atoms with E-state index in [0.29, 0.717) is 24.2 Å². The number of hydrogen-bond donors (Lipinski definition) is 1. The number of nitrogens with zero attached hydrogens (tertiary/aromatic N) is 2. The summed E-state index contributed by atoms with van der Waals surface area (Å²) in [6.07, 6.45) is 19.8. The van der Waals surface area contributed by atoms with Gasteiger partial charge in [-0.3, -0.25) is 4.79 Å². The van der Waals surface area contributed by atoms with Gasteiger partial charge in [0.25, 0.3) is 0 Å². The number of rotatable bonds is 18. The van der Waals surface area contributed by atoms with Crippen molar-refractivity contribution in [3.05, 3.63) is 12.2 Å². The van der Waals surface area contributed by atoms with Crippen molar-refractivity contribution in [3.63, 3.8) is 0 Å². The molecule has 7 heteroatoms. The van der Waals surface area contributed by atoms with Crippen LogP contribution in [0, 0.1) is 0 Å². The maximum Gasteiger partial charge on any atom is 0.309 e. The van der Waals surface area contributed by atoms with Gasteiger partial charge >= 0.3 is 11.3 Å². The summed E-state index contributed by atoms with van der Waals surface area (Å²) in [5.74, 6) is 1.02. The molecule has 0 fully saturated rings. The average molecular weight is 442 g/mol. The van der Waals surface area contributed by atoms with Gasteiger partial charge in [-0.15, -0.1) is 4.40 Å². The lowest BCUT2D eigenvalue weighted by molar-refractivity contribution is -0.133. The predicted octanol–water partition coefficient (Wildman–Crippen LogP) is 5.77. The van der Waals surface area contributed by atoms with Gasteiger partial charge in [-0.1, -0.05) is 51.2 Å². The minimum atomic E-state index is -1.53. The predicted molar refractivity (Wildman–Crippen MR) is 126 cm³/mol. The Labute approximate surface area is 186 Å². The molecule has 0 spiro atoms. The molecular weight excluding hydrogens is 398 g/mol. The van der Waals surface area contributed by atoms with E-state index in [1.54, 1.807) is 0 Å². The molecular formula is C23H43N3O3S. The third-order valence-corrected chi connectivity index (χ3v) is 5.92. The maximum atomic E-state index is 12.4. The summed E-state index contributed by atoms with van der Waals surface area (Å²) in [7, 11) is 0. The summed E-state index contributed by atoms with van der Waals surface area (Å²) in [5.41, 5.74) is 2.59. The zero-order valence-corrected chi connectivity index (χ0v) is 20.2. The SMILES string of the molecule is CCCCCCC(=O)N(CCCCC=CCCCCCCC1=NS(=O)ON1)C(C)C.